The lowest BCUT2D eigenvalue weighted by Gasteiger charge is -2.13. The molecule has 0 aliphatic heterocycles. The summed E-state index contributed by atoms with van der Waals surface area (Å²) in [5, 5.41) is 11.1. The molecule has 0 N–H and O–H groups in total. The van der Waals surface area contributed by atoms with Crippen molar-refractivity contribution in [2.24, 2.45) is 0 Å². The normalized spacial score (nSPS) is 11.4. The lowest BCUT2D eigenvalue weighted by atomic mass is 9.98. The van der Waals surface area contributed by atoms with E-state index in [1.54, 1.807) is 38.1 Å². The highest BCUT2D eigenvalue weighted by Gasteiger charge is 2.23. The van der Waals surface area contributed by atoms with Crippen LogP contribution in [0.3, 0.4) is 0 Å². The average Bonchev–Trinajstić information content (AvgIpc) is 2.46. The van der Waals surface area contributed by atoms with E-state index in [1.807, 2.05) is 6.92 Å². The number of rotatable bonds is 5. The summed E-state index contributed by atoms with van der Waals surface area (Å²) in [6.07, 6.45) is 0. The first kappa shape index (κ1) is 17.1. The molecule has 6 nitrogen and oxygen atoms in total. The van der Waals surface area contributed by atoms with Crippen molar-refractivity contribution in [2.75, 3.05) is 6.61 Å². The highest BCUT2D eigenvalue weighted by Crippen LogP contribution is 2.35. The van der Waals surface area contributed by atoms with E-state index in [0.29, 0.717) is 16.7 Å². The largest absolute Gasteiger partial charge is 0.297 e. The summed E-state index contributed by atoms with van der Waals surface area (Å²) in [5.74, 6) is 0. The van der Waals surface area contributed by atoms with Crippen molar-refractivity contribution in [1.29, 1.82) is 0 Å². The van der Waals surface area contributed by atoms with Gasteiger partial charge in [-0.05, 0) is 32.4 Å². The number of nitro benzene ring substituents is 1. The molecule has 23 heavy (non-hydrogen) atoms. The van der Waals surface area contributed by atoms with Crippen LogP contribution in [0.15, 0.2) is 41.3 Å². The highest BCUT2D eigenvalue weighted by atomic mass is 32.2. The molecule has 0 atom stereocenters. The van der Waals surface area contributed by atoms with Gasteiger partial charge < -0.3 is 0 Å². The van der Waals surface area contributed by atoms with E-state index in [0.717, 1.165) is 5.56 Å². The van der Waals surface area contributed by atoms with Crippen molar-refractivity contribution < 1.29 is 17.5 Å². The maximum atomic E-state index is 12.3. The van der Waals surface area contributed by atoms with E-state index < -0.39 is 15.0 Å². The van der Waals surface area contributed by atoms with Crippen LogP contribution in [-0.4, -0.2) is 19.9 Å². The third-order valence-corrected chi connectivity index (χ3v) is 4.91. The molecule has 7 heteroatoms. The second-order valence-electron chi connectivity index (χ2n) is 5.07. The van der Waals surface area contributed by atoms with Crippen LogP contribution in [-0.2, 0) is 14.3 Å². The van der Waals surface area contributed by atoms with Gasteiger partial charge in [0, 0.05) is 17.2 Å². The molecule has 2 aromatic carbocycles. The highest BCUT2D eigenvalue weighted by molar-refractivity contribution is 7.87. The Bertz CT molecular complexity index is 859. The third kappa shape index (κ3) is 3.40. The Labute approximate surface area is 135 Å². The fraction of sp³-hybridized carbons (Fsp3) is 0.250. The van der Waals surface area contributed by atoms with Crippen LogP contribution < -0.4 is 0 Å². The molecule has 0 aliphatic carbocycles. The Morgan fingerprint density at radius 2 is 1.83 bits per heavy atom. The van der Waals surface area contributed by atoms with Crippen molar-refractivity contribution in [2.45, 2.75) is 25.7 Å². The van der Waals surface area contributed by atoms with Gasteiger partial charge >= 0.3 is 0 Å². The van der Waals surface area contributed by atoms with Gasteiger partial charge in [0.15, 0.2) is 0 Å². The van der Waals surface area contributed by atoms with E-state index in [1.165, 1.54) is 12.1 Å². The first-order chi connectivity index (χ1) is 10.8. The van der Waals surface area contributed by atoms with Crippen LogP contribution in [0.25, 0.3) is 11.1 Å². The smallest absolute Gasteiger partial charge is 0.267 e. The summed E-state index contributed by atoms with van der Waals surface area (Å²) >= 11 is 0. The average molecular weight is 335 g/mol. The predicted molar refractivity (Wildman–Crippen MR) is 86.8 cm³/mol. The van der Waals surface area contributed by atoms with Gasteiger partial charge in [0.2, 0.25) is 0 Å². The van der Waals surface area contributed by atoms with Crippen molar-refractivity contribution in [3.05, 3.63) is 57.6 Å². The summed E-state index contributed by atoms with van der Waals surface area (Å²) in [6, 6.07) is 9.43. The monoisotopic (exact) mass is 335 g/mol. The minimum Gasteiger partial charge on any atom is -0.267 e. The molecule has 0 saturated carbocycles. The number of hydrogen-bond acceptors (Lipinski definition) is 5. The van der Waals surface area contributed by atoms with Gasteiger partial charge in [0.25, 0.3) is 15.8 Å². The fourth-order valence-corrected chi connectivity index (χ4v) is 3.51. The summed E-state index contributed by atoms with van der Waals surface area (Å²) in [4.78, 5) is 10.6. The molecule has 0 heterocycles. The summed E-state index contributed by atoms with van der Waals surface area (Å²) in [7, 11) is -3.93. The van der Waals surface area contributed by atoms with Crippen molar-refractivity contribution >= 4 is 15.8 Å². The zero-order valence-electron chi connectivity index (χ0n) is 13.1. The van der Waals surface area contributed by atoms with Gasteiger partial charge in [-0.15, -0.1) is 0 Å². The van der Waals surface area contributed by atoms with E-state index in [-0.39, 0.29) is 17.2 Å². The fourth-order valence-electron chi connectivity index (χ4n) is 2.40. The minimum atomic E-state index is -3.93. The van der Waals surface area contributed by atoms with E-state index in [9.17, 15) is 18.5 Å². The molecule has 0 spiro atoms. The second kappa shape index (κ2) is 6.47. The maximum absolute atomic E-state index is 12.3. The quantitative estimate of drug-likeness (QED) is 0.473. The molecule has 0 radical (unpaired) electrons. The molecule has 0 aromatic heterocycles. The number of aryl methyl sites for hydroxylation is 1. The topological polar surface area (TPSA) is 86.5 Å². The molecule has 0 saturated heterocycles. The number of benzene rings is 2. The maximum Gasteiger partial charge on any atom is 0.297 e. The van der Waals surface area contributed by atoms with Gasteiger partial charge in [-0.2, -0.15) is 8.42 Å². The molecule has 0 amide bonds. The van der Waals surface area contributed by atoms with Crippen LogP contribution in [0.5, 0.6) is 0 Å². The van der Waals surface area contributed by atoms with Crippen molar-refractivity contribution in [3.8, 4) is 11.1 Å². The first-order valence-electron chi connectivity index (χ1n) is 7.02. The van der Waals surface area contributed by atoms with Crippen LogP contribution in [0.2, 0.25) is 0 Å². The lowest BCUT2D eigenvalue weighted by Crippen LogP contribution is -2.08. The van der Waals surface area contributed by atoms with Crippen LogP contribution in [0.1, 0.15) is 18.1 Å². The molecule has 0 unspecified atom stereocenters. The predicted octanol–water partition coefficient (Wildman–Crippen LogP) is 3.60. The van der Waals surface area contributed by atoms with Crippen LogP contribution >= 0.6 is 0 Å². The third-order valence-electron chi connectivity index (χ3n) is 3.47. The Hall–Kier alpha value is -2.25. The molecule has 2 rings (SSSR count). The van der Waals surface area contributed by atoms with Gasteiger partial charge in [-0.1, -0.05) is 29.8 Å². The zero-order chi connectivity index (χ0) is 17.2. The molecular weight excluding hydrogens is 318 g/mol. The van der Waals surface area contributed by atoms with Crippen molar-refractivity contribution in [1.82, 2.24) is 0 Å². The number of nitro groups is 1. The van der Waals surface area contributed by atoms with Crippen molar-refractivity contribution in [3.63, 3.8) is 0 Å². The SMILES string of the molecule is CCOS(=O)(=O)c1ccc(C)cc1-c1cccc([N+](=O)[O-])c1C. The Morgan fingerprint density at radius 3 is 2.43 bits per heavy atom. The molecular formula is C16H17NO5S. The zero-order valence-corrected chi connectivity index (χ0v) is 13.9. The summed E-state index contributed by atoms with van der Waals surface area (Å²) in [6.45, 7) is 5.04. The molecule has 122 valence electrons. The summed E-state index contributed by atoms with van der Waals surface area (Å²) < 4.78 is 29.5. The van der Waals surface area contributed by atoms with E-state index >= 15 is 0 Å². The standard InChI is InChI=1S/C16H17NO5S/c1-4-22-23(20,21)16-9-8-11(2)10-14(16)13-6-5-7-15(12(13)3)17(18)19/h5-10H,4H2,1-3H3. The number of nitrogens with zero attached hydrogens (tertiary/aromatic N) is 1. The second-order valence-corrected chi connectivity index (χ2v) is 6.65. The summed E-state index contributed by atoms with van der Waals surface area (Å²) in [5.41, 5.74) is 2.11. The van der Waals surface area contributed by atoms with E-state index in [4.69, 9.17) is 4.18 Å². The van der Waals surface area contributed by atoms with Crippen LogP contribution in [0.4, 0.5) is 5.69 Å². The molecule has 2 aromatic rings. The van der Waals surface area contributed by atoms with Gasteiger partial charge in [-0.25, -0.2) is 0 Å². The van der Waals surface area contributed by atoms with Gasteiger partial charge in [0.1, 0.15) is 4.90 Å². The van der Waals surface area contributed by atoms with Crippen LogP contribution in [0, 0.1) is 24.0 Å². The molecule has 0 bridgehead atoms. The first-order valence-corrected chi connectivity index (χ1v) is 8.43. The van der Waals surface area contributed by atoms with Gasteiger partial charge in [0.05, 0.1) is 11.5 Å². The van der Waals surface area contributed by atoms with Gasteiger partial charge in [-0.3, -0.25) is 14.3 Å². The minimum absolute atomic E-state index is 0.00791. The Kier molecular flexibility index (Phi) is 4.82. The Balaban J connectivity index is 2.77. The molecule has 0 fully saturated rings. The lowest BCUT2D eigenvalue weighted by molar-refractivity contribution is -0.385. The number of hydrogen-bond donors (Lipinski definition) is 0. The van der Waals surface area contributed by atoms with E-state index in [2.05, 4.69) is 0 Å². The Morgan fingerprint density at radius 1 is 1.13 bits per heavy atom. The molecule has 0 aliphatic rings.